The van der Waals surface area contributed by atoms with Gasteiger partial charge in [-0.2, -0.15) is 0 Å². The molecule has 2 rings (SSSR count). The van der Waals surface area contributed by atoms with Gasteiger partial charge in [0.05, 0.1) is 17.7 Å². The van der Waals surface area contributed by atoms with Gasteiger partial charge in [0, 0.05) is 13.1 Å². The van der Waals surface area contributed by atoms with Crippen LogP contribution in [0, 0.1) is 17.7 Å². The summed E-state index contributed by atoms with van der Waals surface area (Å²) in [5.74, 6) is -2.85. The molecule has 0 radical (unpaired) electrons. The third-order valence-corrected chi connectivity index (χ3v) is 3.55. The number of aliphatic carboxylic acids is 1. The summed E-state index contributed by atoms with van der Waals surface area (Å²) in [6.07, 6.45) is 0.922. The number of amides is 1. The Morgan fingerprint density at radius 3 is 2.79 bits per heavy atom. The molecule has 1 aromatic heterocycles. The summed E-state index contributed by atoms with van der Waals surface area (Å²) < 4.78 is 13.1. The Morgan fingerprint density at radius 2 is 2.21 bits per heavy atom. The van der Waals surface area contributed by atoms with Gasteiger partial charge in [-0.05, 0) is 12.0 Å². The summed E-state index contributed by atoms with van der Waals surface area (Å²) in [4.78, 5) is 28.1. The highest BCUT2D eigenvalue weighted by Crippen LogP contribution is 2.26. The second-order valence-electron chi connectivity index (χ2n) is 4.62. The smallest absolute Gasteiger partial charge is 0.308 e. The maximum Gasteiger partial charge on any atom is 0.308 e. The number of rotatable bonds is 2. The lowest BCUT2D eigenvalue weighted by molar-refractivity contribution is -0.142. The predicted octanol–water partition coefficient (Wildman–Crippen LogP) is 1.67. The van der Waals surface area contributed by atoms with Crippen molar-refractivity contribution in [3.8, 4) is 0 Å². The van der Waals surface area contributed by atoms with Crippen LogP contribution in [0.3, 0.4) is 0 Å². The third-order valence-electron chi connectivity index (χ3n) is 3.25. The predicted molar refractivity (Wildman–Crippen MR) is 65.4 cm³/mol. The molecule has 0 aliphatic carbocycles. The average Bonchev–Trinajstić information content (AvgIpc) is 2.74. The standard InChI is InChI=1S/C12H12ClFN2O3/c1-6-4-16(5-9(6)12(18)19)11(17)8-2-7(14)3-15-10(8)13/h2-3,6,9H,4-5H2,1H3,(H,18,19)/t6-,9-/m1/s1. The topological polar surface area (TPSA) is 70.5 Å². The fraction of sp³-hybridized carbons (Fsp3) is 0.417. The van der Waals surface area contributed by atoms with Crippen LogP contribution in [-0.4, -0.2) is 40.0 Å². The summed E-state index contributed by atoms with van der Waals surface area (Å²) >= 11 is 5.76. The molecule has 2 heterocycles. The lowest BCUT2D eigenvalue weighted by Gasteiger charge is -2.16. The van der Waals surface area contributed by atoms with Gasteiger partial charge in [-0.1, -0.05) is 18.5 Å². The van der Waals surface area contributed by atoms with Crippen molar-refractivity contribution < 1.29 is 19.1 Å². The van der Waals surface area contributed by atoms with E-state index in [0.717, 1.165) is 12.3 Å². The summed E-state index contributed by atoms with van der Waals surface area (Å²) in [6, 6.07) is 1.01. The normalized spacial score (nSPS) is 22.6. The molecule has 7 heteroatoms. The summed E-state index contributed by atoms with van der Waals surface area (Å²) in [5.41, 5.74) is -0.0418. The molecule has 1 aromatic rings. The molecule has 0 unspecified atom stereocenters. The molecule has 102 valence electrons. The van der Waals surface area contributed by atoms with Crippen molar-refractivity contribution in [1.82, 2.24) is 9.88 Å². The number of halogens is 2. The Labute approximate surface area is 114 Å². The molecular weight excluding hydrogens is 275 g/mol. The second-order valence-corrected chi connectivity index (χ2v) is 4.98. The minimum atomic E-state index is -0.939. The van der Waals surface area contributed by atoms with Crippen LogP contribution in [0.2, 0.25) is 5.15 Å². The van der Waals surface area contributed by atoms with E-state index in [2.05, 4.69) is 4.98 Å². The fourth-order valence-electron chi connectivity index (χ4n) is 2.20. The lowest BCUT2D eigenvalue weighted by atomic mass is 9.99. The number of hydrogen-bond acceptors (Lipinski definition) is 3. The molecular formula is C12H12ClFN2O3. The largest absolute Gasteiger partial charge is 0.481 e. The lowest BCUT2D eigenvalue weighted by Crippen LogP contribution is -2.30. The SMILES string of the molecule is C[C@@H]1CN(C(=O)c2cc(F)cnc2Cl)C[C@H]1C(=O)O. The van der Waals surface area contributed by atoms with Crippen LogP contribution in [0.4, 0.5) is 4.39 Å². The van der Waals surface area contributed by atoms with E-state index in [-0.39, 0.29) is 23.2 Å². The van der Waals surface area contributed by atoms with E-state index >= 15 is 0 Å². The maximum atomic E-state index is 13.1. The van der Waals surface area contributed by atoms with E-state index in [1.54, 1.807) is 6.92 Å². The van der Waals surface area contributed by atoms with E-state index in [0.29, 0.717) is 6.54 Å². The Balaban J connectivity index is 2.22. The zero-order chi connectivity index (χ0) is 14.2. The summed E-state index contributed by atoms with van der Waals surface area (Å²) in [5, 5.41) is 8.93. The van der Waals surface area contributed by atoms with Crippen LogP contribution in [0.5, 0.6) is 0 Å². The third kappa shape index (κ3) is 2.68. The molecule has 2 atom stereocenters. The number of nitrogens with zero attached hydrogens (tertiary/aromatic N) is 2. The van der Waals surface area contributed by atoms with Crippen LogP contribution < -0.4 is 0 Å². The second kappa shape index (κ2) is 5.13. The molecule has 5 nitrogen and oxygen atoms in total. The van der Waals surface area contributed by atoms with Gasteiger partial charge in [0.25, 0.3) is 5.91 Å². The van der Waals surface area contributed by atoms with Crippen molar-refractivity contribution in [2.75, 3.05) is 13.1 Å². The van der Waals surface area contributed by atoms with E-state index in [1.807, 2.05) is 0 Å². The molecule has 19 heavy (non-hydrogen) atoms. The van der Waals surface area contributed by atoms with Gasteiger partial charge in [0.1, 0.15) is 11.0 Å². The number of carbonyl (C=O) groups excluding carboxylic acids is 1. The molecule has 1 fully saturated rings. The Bertz CT molecular complexity index is 538. The number of pyridine rings is 1. The van der Waals surface area contributed by atoms with Crippen molar-refractivity contribution in [2.45, 2.75) is 6.92 Å². The van der Waals surface area contributed by atoms with E-state index in [9.17, 15) is 14.0 Å². The monoisotopic (exact) mass is 286 g/mol. The minimum absolute atomic E-state index is 0.0418. The van der Waals surface area contributed by atoms with E-state index in [4.69, 9.17) is 16.7 Å². The average molecular weight is 287 g/mol. The van der Waals surface area contributed by atoms with Gasteiger partial charge in [-0.25, -0.2) is 9.37 Å². The van der Waals surface area contributed by atoms with Gasteiger partial charge in [-0.15, -0.1) is 0 Å². The van der Waals surface area contributed by atoms with Gasteiger partial charge in [0.15, 0.2) is 0 Å². The maximum absolute atomic E-state index is 13.1. The molecule has 0 aromatic carbocycles. The first-order chi connectivity index (χ1) is 8.90. The van der Waals surface area contributed by atoms with Crippen LogP contribution in [0.25, 0.3) is 0 Å². The van der Waals surface area contributed by atoms with Crippen molar-refractivity contribution in [3.05, 3.63) is 28.8 Å². The molecule has 0 saturated carbocycles. The molecule has 0 spiro atoms. The first-order valence-corrected chi connectivity index (χ1v) is 6.11. The Kier molecular flexibility index (Phi) is 3.71. The highest BCUT2D eigenvalue weighted by Gasteiger charge is 2.37. The molecule has 1 aliphatic heterocycles. The van der Waals surface area contributed by atoms with Crippen LogP contribution in [0.1, 0.15) is 17.3 Å². The fourth-order valence-corrected chi connectivity index (χ4v) is 2.38. The zero-order valence-corrected chi connectivity index (χ0v) is 10.9. The summed E-state index contributed by atoms with van der Waals surface area (Å²) in [7, 11) is 0. The molecule has 1 N–H and O–H groups in total. The van der Waals surface area contributed by atoms with Gasteiger partial charge in [0.2, 0.25) is 0 Å². The minimum Gasteiger partial charge on any atom is -0.481 e. The zero-order valence-electron chi connectivity index (χ0n) is 10.1. The molecule has 0 bridgehead atoms. The first kappa shape index (κ1) is 13.7. The number of carboxylic acids is 1. The summed E-state index contributed by atoms with van der Waals surface area (Å²) in [6.45, 7) is 2.17. The van der Waals surface area contributed by atoms with Crippen molar-refractivity contribution in [2.24, 2.45) is 11.8 Å². The van der Waals surface area contributed by atoms with E-state index < -0.39 is 23.6 Å². The molecule has 1 amide bonds. The first-order valence-electron chi connectivity index (χ1n) is 5.73. The number of likely N-dealkylation sites (tertiary alicyclic amines) is 1. The number of hydrogen-bond donors (Lipinski definition) is 1. The van der Waals surface area contributed by atoms with Crippen molar-refractivity contribution >= 4 is 23.5 Å². The highest BCUT2D eigenvalue weighted by molar-refractivity contribution is 6.32. The van der Waals surface area contributed by atoms with E-state index in [1.165, 1.54) is 4.90 Å². The van der Waals surface area contributed by atoms with Crippen LogP contribution >= 0.6 is 11.6 Å². The van der Waals surface area contributed by atoms with Gasteiger partial charge in [-0.3, -0.25) is 9.59 Å². The van der Waals surface area contributed by atoms with Gasteiger partial charge >= 0.3 is 5.97 Å². The molecule has 1 saturated heterocycles. The quantitative estimate of drug-likeness (QED) is 0.840. The Hall–Kier alpha value is -1.69. The number of carboxylic acid groups (broad SMARTS) is 1. The molecule has 1 aliphatic rings. The Morgan fingerprint density at radius 1 is 1.53 bits per heavy atom. The van der Waals surface area contributed by atoms with Crippen molar-refractivity contribution in [3.63, 3.8) is 0 Å². The highest BCUT2D eigenvalue weighted by atomic mass is 35.5. The number of carbonyl (C=O) groups is 2. The van der Waals surface area contributed by atoms with Gasteiger partial charge < -0.3 is 10.0 Å². The van der Waals surface area contributed by atoms with Crippen LogP contribution in [0.15, 0.2) is 12.3 Å². The number of aromatic nitrogens is 1. The van der Waals surface area contributed by atoms with Crippen LogP contribution in [-0.2, 0) is 4.79 Å². The van der Waals surface area contributed by atoms with Crippen molar-refractivity contribution in [1.29, 1.82) is 0 Å².